The van der Waals surface area contributed by atoms with E-state index in [1.165, 1.54) is 4.90 Å². The maximum absolute atomic E-state index is 11.4. The molecule has 0 saturated heterocycles. The Bertz CT molecular complexity index is 345. The molecule has 1 rings (SSSR count). The maximum atomic E-state index is 11.4. The summed E-state index contributed by atoms with van der Waals surface area (Å²) < 4.78 is 0. The van der Waals surface area contributed by atoms with Crippen LogP contribution in [0.4, 0.5) is 0 Å². The fourth-order valence-electron chi connectivity index (χ4n) is 1.32. The molecule has 4 nitrogen and oxygen atoms in total. The van der Waals surface area contributed by atoms with Gasteiger partial charge in [-0.15, -0.1) is 11.8 Å². The Labute approximate surface area is 111 Å². The third-order valence-corrected chi connectivity index (χ3v) is 3.40. The molecular weight excluding hydrogens is 250 g/mol. The van der Waals surface area contributed by atoms with Gasteiger partial charge in [0.25, 0.3) is 0 Å². The van der Waals surface area contributed by atoms with Gasteiger partial charge >= 0.3 is 0 Å². The van der Waals surface area contributed by atoms with Crippen LogP contribution in [0.15, 0.2) is 35.2 Å². The topological polar surface area (TPSA) is 69.6 Å². The van der Waals surface area contributed by atoms with E-state index in [4.69, 9.17) is 10.2 Å². The highest BCUT2D eigenvalue weighted by molar-refractivity contribution is 7.99. The monoisotopic (exact) mass is 269 g/mol. The van der Waals surface area contributed by atoms with Gasteiger partial charge in [0, 0.05) is 17.9 Å². The molecule has 5 heteroatoms. The smallest absolute Gasteiger partial charge is 0.220 e. The highest BCUT2D eigenvalue weighted by Crippen LogP contribution is 2.18. The Balaban J connectivity index is 2.05. The van der Waals surface area contributed by atoms with Gasteiger partial charge < -0.3 is 15.5 Å². The van der Waals surface area contributed by atoms with Gasteiger partial charge in [-0.05, 0) is 24.3 Å². The Morgan fingerprint density at radius 3 is 2.72 bits per heavy atom. The first-order valence-electron chi connectivity index (χ1n) is 5.96. The van der Waals surface area contributed by atoms with Crippen molar-refractivity contribution in [2.45, 2.75) is 23.8 Å². The summed E-state index contributed by atoms with van der Waals surface area (Å²) in [5.41, 5.74) is 0. The van der Waals surface area contributed by atoms with Crippen LogP contribution < -0.4 is 5.32 Å². The summed E-state index contributed by atoms with van der Waals surface area (Å²) in [7, 11) is 0. The number of hydrogen-bond acceptors (Lipinski definition) is 4. The molecule has 0 aliphatic carbocycles. The molecule has 0 aliphatic heterocycles. The van der Waals surface area contributed by atoms with Gasteiger partial charge in [-0.3, -0.25) is 4.79 Å². The van der Waals surface area contributed by atoms with Crippen LogP contribution in [0, 0.1) is 0 Å². The van der Waals surface area contributed by atoms with Crippen LogP contribution in [0.3, 0.4) is 0 Å². The number of rotatable bonds is 8. The van der Waals surface area contributed by atoms with Crippen molar-refractivity contribution >= 4 is 17.7 Å². The Morgan fingerprint density at radius 2 is 2.06 bits per heavy atom. The van der Waals surface area contributed by atoms with Crippen molar-refractivity contribution in [3.63, 3.8) is 0 Å². The summed E-state index contributed by atoms with van der Waals surface area (Å²) in [5.74, 6) is 0.802. The molecule has 1 amide bonds. The number of benzene rings is 1. The van der Waals surface area contributed by atoms with E-state index >= 15 is 0 Å². The number of hydrogen-bond donors (Lipinski definition) is 3. The number of nitrogens with one attached hydrogen (secondary N) is 1. The number of amides is 1. The fourth-order valence-corrected chi connectivity index (χ4v) is 2.20. The van der Waals surface area contributed by atoms with Crippen molar-refractivity contribution in [2.75, 3.05) is 18.9 Å². The Kier molecular flexibility index (Phi) is 7.48. The summed E-state index contributed by atoms with van der Waals surface area (Å²) >= 11 is 1.72. The third-order valence-electron chi connectivity index (χ3n) is 2.31. The van der Waals surface area contributed by atoms with Crippen molar-refractivity contribution in [3.05, 3.63) is 30.3 Å². The lowest BCUT2D eigenvalue weighted by atomic mass is 10.3. The van der Waals surface area contributed by atoms with Crippen LogP contribution in [0.1, 0.15) is 12.8 Å². The van der Waals surface area contributed by atoms with Crippen molar-refractivity contribution in [2.24, 2.45) is 0 Å². The minimum atomic E-state index is -0.868. The molecule has 0 fully saturated rings. The summed E-state index contributed by atoms with van der Waals surface area (Å²) in [4.78, 5) is 12.6. The Morgan fingerprint density at radius 1 is 1.33 bits per heavy atom. The molecule has 3 N–H and O–H groups in total. The molecule has 0 heterocycles. The summed E-state index contributed by atoms with van der Waals surface area (Å²) in [6, 6.07) is 10.0. The minimum absolute atomic E-state index is 0.0869. The first-order valence-corrected chi connectivity index (χ1v) is 6.94. The number of carbonyl (C=O) groups is 1. The van der Waals surface area contributed by atoms with Gasteiger partial charge in [-0.25, -0.2) is 0 Å². The van der Waals surface area contributed by atoms with Crippen LogP contribution in [0.25, 0.3) is 0 Å². The average molecular weight is 269 g/mol. The van der Waals surface area contributed by atoms with Gasteiger partial charge in [-0.2, -0.15) is 0 Å². The van der Waals surface area contributed by atoms with E-state index in [1.54, 1.807) is 11.8 Å². The second-order valence-corrected chi connectivity index (χ2v) is 5.07. The maximum Gasteiger partial charge on any atom is 0.220 e. The molecule has 0 aromatic heterocycles. The zero-order valence-electron chi connectivity index (χ0n) is 10.2. The predicted molar refractivity (Wildman–Crippen MR) is 72.5 cm³/mol. The molecule has 1 aromatic rings. The summed E-state index contributed by atoms with van der Waals surface area (Å²) in [6.45, 7) is -0.217. The first kappa shape index (κ1) is 15.0. The van der Waals surface area contributed by atoms with Gasteiger partial charge in [0.2, 0.25) is 5.91 Å². The van der Waals surface area contributed by atoms with Crippen LogP contribution >= 0.6 is 11.8 Å². The van der Waals surface area contributed by atoms with Crippen molar-refractivity contribution < 1.29 is 15.0 Å². The largest absolute Gasteiger partial charge is 0.394 e. The zero-order chi connectivity index (χ0) is 13.2. The van der Waals surface area contributed by atoms with Crippen molar-refractivity contribution in [3.8, 4) is 0 Å². The van der Waals surface area contributed by atoms with E-state index in [0.717, 1.165) is 12.2 Å². The minimum Gasteiger partial charge on any atom is -0.394 e. The molecular formula is C13H19NO3S. The molecule has 1 aromatic carbocycles. The van der Waals surface area contributed by atoms with E-state index in [2.05, 4.69) is 5.32 Å². The van der Waals surface area contributed by atoms with Crippen LogP contribution in [0.5, 0.6) is 0 Å². The van der Waals surface area contributed by atoms with E-state index < -0.39 is 6.10 Å². The quantitative estimate of drug-likeness (QED) is 0.487. The average Bonchev–Trinajstić information content (AvgIpc) is 2.42. The number of thioether (sulfide) groups is 1. The zero-order valence-corrected chi connectivity index (χ0v) is 11.0. The lowest BCUT2D eigenvalue weighted by molar-refractivity contribution is -0.121. The molecule has 18 heavy (non-hydrogen) atoms. The van der Waals surface area contributed by atoms with E-state index in [9.17, 15) is 4.79 Å². The van der Waals surface area contributed by atoms with Gasteiger partial charge in [0.05, 0.1) is 12.7 Å². The van der Waals surface area contributed by atoms with Gasteiger partial charge in [-0.1, -0.05) is 18.2 Å². The number of carbonyl (C=O) groups excluding carboxylic acids is 1. The van der Waals surface area contributed by atoms with Gasteiger partial charge in [0.15, 0.2) is 0 Å². The lowest BCUT2D eigenvalue weighted by Crippen LogP contribution is -2.33. The molecule has 100 valence electrons. The summed E-state index contributed by atoms with van der Waals surface area (Å²) in [5, 5.41) is 20.2. The summed E-state index contributed by atoms with van der Waals surface area (Å²) in [6.07, 6.45) is 0.367. The second-order valence-electron chi connectivity index (χ2n) is 3.91. The van der Waals surface area contributed by atoms with E-state index in [0.29, 0.717) is 6.42 Å². The van der Waals surface area contributed by atoms with E-state index in [1.807, 2.05) is 30.3 Å². The molecule has 0 bridgehead atoms. The third kappa shape index (κ3) is 6.64. The van der Waals surface area contributed by atoms with E-state index in [-0.39, 0.29) is 19.1 Å². The van der Waals surface area contributed by atoms with Crippen molar-refractivity contribution in [1.82, 2.24) is 5.32 Å². The molecule has 0 radical (unpaired) electrons. The fraction of sp³-hybridized carbons (Fsp3) is 0.462. The second kappa shape index (κ2) is 8.97. The first-order chi connectivity index (χ1) is 8.72. The van der Waals surface area contributed by atoms with Gasteiger partial charge in [0.1, 0.15) is 0 Å². The normalized spacial score (nSPS) is 12.1. The standard InChI is InChI=1S/C13H19NO3S/c15-10-11(16)9-14-13(17)7-4-8-18-12-5-2-1-3-6-12/h1-3,5-6,11,15-16H,4,7-10H2,(H,14,17). The lowest BCUT2D eigenvalue weighted by Gasteiger charge is -2.08. The number of aliphatic hydroxyl groups excluding tert-OH is 2. The molecule has 0 saturated carbocycles. The number of aliphatic hydroxyl groups is 2. The molecule has 0 spiro atoms. The predicted octanol–water partition coefficient (Wildman–Crippen LogP) is 1.03. The van der Waals surface area contributed by atoms with Crippen molar-refractivity contribution in [1.29, 1.82) is 0 Å². The molecule has 0 aliphatic rings. The van der Waals surface area contributed by atoms with Crippen LogP contribution in [-0.2, 0) is 4.79 Å². The van der Waals surface area contributed by atoms with Crippen LogP contribution in [0.2, 0.25) is 0 Å². The van der Waals surface area contributed by atoms with Crippen LogP contribution in [-0.4, -0.2) is 41.1 Å². The molecule has 1 atom stereocenters. The Hall–Kier alpha value is -1.04. The highest BCUT2D eigenvalue weighted by Gasteiger charge is 2.05. The highest BCUT2D eigenvalue weighted by atomic mass is 32.2. The molecule has 1 unspecified atom stereocenters. The SMILES string of the molecule is O=C(CCCSc1ccccc1)NCC(O)CO.